The number of rotatable bonds is 7. The average Bonchev–Trinajstić information content (AvgIpc) is 2.65. The van der Waals surface area contributed by atoms with Crippen LogP contribution in [-0.4, -0.2) is 41.3 Å². The number of nitrogens with one attached hydrogen (secondary N) is 1. The predicted molar refractivity (Wildman–Crippen MR) is 58.5 cm³/mol. The highest BCUT2D eigenvalue weighted by Crippen LogP contribution is 1.96. The zero-order valence-corrected chi connectivity index (χ0v) is 9.79. The van der Waals surface area contributed by atoms with Crippen molar-refractivity contribution in [3.63, 3.8) is 0 Å². The van der Waals surface area contributed by atoms with Gasteiger partial charge in [0.2, 0.25) is 11.8 Å². The molecule has 1 N–H and O–H groups in total. The van der Waals surface area contributed by atoms with Crippen LogP contribution in [0.2, 0.25) is 0 Å². The molecule has 0 saturated heterocycles. The van der Waals surface area contributed by atoms with E-state index >= 15 is 0 Å². The first-order valence-corrected chi connectivity index (χ1v) is 5.48. The van der Waals surface area contributed by atoms with Gasteiger partial charge in [-0.3, -0.25) is 0 Å². The third kappa shape index (κ3) is 4.40. The molecule has 15 heavy (non-hydrogen) atoms. The molecule has 0 fully saturated rings. The molecule has 0 unspecified atom stereocenters. The van der Waals surface area contributed by atoms with Gasteiger partial charge in [0.1, 0.15) is 0 Å². The average molecular weight is 212 g/mol. The van der Waals surface area contributed by atoms with Gasteiger partial charge in [0, 0.05) is 20.0 Å². The van der Waals surface area contributed by atoms with E-state index in [0.29, 0.717) is 18.3 Å². The fourth-order valence-electron chi connectivity index (χ4n) is 1.38. The lowest BCUT2D eigenvalue weighted by Crippen LogP contribution is -2.31. The summed E-state index contributed by atoms with van der Waals surface area (Å²) in [6.45, 7) is 11.0. The van der Waals surface area contributed by atoms with E-state index in [1.54, 1.807) is 6.92 Å². The second kappa shape index (κ2) is 6.53. The Kier molecular flexibility index (Phi) is 5.28. The summed E-state index contributed by atoms with van der Waals surface area (Å²) in [7, 11) is 0. The summed E-state index contributed by atoms with van der Waals surface area (Å²) in [4.78, 5) is 2.37. The van der Waals surface area contributed by atoms with Crippen molar-refractivity contribution >= 4 is 0 Å². The highest BCUT2D eigenvalue weighted by molar-refractivity contribution is 4.77. The Hall–Kier alpha value is -0.940. The molecule has 1 aromatic heterocycles. The lowest BCUT2D eigenvalue weighted by atomic mass is 10.4. The zero-order valence-electron chi connectivity index (χ0n) is 9.79. The number of likely N-dealkylation sites (N-methyl/N-ethyl adjacent to an activating group) is 1. The van der Waals surface area contributed by atoms with E-state index in [1.807, 2.05) is 0 Å². The van der Waals surface area contributed by atoms with Crippen LogP contribution in [0.1, 0.15) is 25.6 Å². The van der Waals surface area contributed by atoms with Crippen LogP contribution >= 0.6 is 0 Å². The Labute approximate surface area is 90.9 Å². The van der Waals surface area contributed by atoms with Crippen molar-refractivity contribution in [3.05, 3.63) is 11.8 Å². The lowest BCUT2D eigenvalue weighted by Gasteiger charge is -2.17. The first-order chi connectivity index (χ1) is 7.26. The van der Waals surface area contributed by atoms with Crippen molar-refractivity contribution < 1.29 is 4.42 Å². The molecule has 0 radical (unpaired) electrons. The summed E-state index contributed by atoms with van der Waals surface area (Å²) >= 11 is 0. The highest BCUT2D eigenvalue weighted by Gasteiger charge is 2.02. The maximum Gasteiger partial charge on any atom is 0.230 e. The van der Waals surface area contributed by atoms with E-state index in [0.717, 1.165) is 26.2 Å². The minimum absolute atomic E-state index is 0.621. The number of nitrogens with zero attached hydrogens (tertiary/aromatic N) is 3. The summed E-state index contributed by atoms with van der Waals surface area (Å²) in [6.07, 6.45) is 0. The van der Waals surface area contributed by atoms with Crippen molar-refractivity contribution in [1.29, 1.82) is 0 Å². The Morgan fingerprint density at radius 1 is 1.27 bits per heavy atom. The Morgan fingerprint density at radius 2 is 2.00 bits per heavy atom. The van der Waals surface area contributed by atoms with Crippen LogP contribution in [0.5, 0.6) is 0 Å². The smallest absolute Gasteiger partial charge is 0.230 e. The van der Waals surface area contributed by atoms with E-state index in [4.69, 9.17) is 4.42 Å². The maximum absolute atomic E-state index is 5.24. The number of aryl methyl sites for hydroxylation is 1. The van der Waals surface area contributed by atoms with Crippen LogP contribution in [0.4, 0.5) is 0 Å². The molecule has 0 aliphatic rings. The van der Waals surface area contributed by atoms with E-state index in [1.165, 1.54) is 0 Å². The monoisotopic (exact) mass is 212 g/mol. The van der Waals surface area contributed by atoms with Gasteiger partial charge in [-0.25, -0.2) is 0 Å². The molecule has 5 nitrogen and oxygen atoms in total. The minimum Gasteiger partial charge on any atom is -0.424 e. The molecule has 0 aliphatic heterocycles. The van der Waals surface area contributed by atoms with Crippen LogP contribution in [-0.2, 0) is 6.54 Å². The molecule has 0 amide bonds. The molecule has 1 heterocycles. The topological polar surface area (TPSA) is 54.2 Å². The first-order valence-electron chi connectivity index (χ1n) is 5.48. The van der Waals surface area contributed by atoms with Gasteiger partial charge in [-0.1, -0.05) is 13.8 Å². The minimum atomic E-state index is 0.621. The Morgan fingerprint density at radius 3 is 2.53 bits per heavy atom. The second-order valence-electron chi connectivity index (χ2n) is 3.42. The summed E-state index contributed by atoms with van der Waals surface area (Å²) in [5.74, 6) is 1.28. The fraction of sp³-hybridized carbons (Fsp3) is 0.800. The summed E-state index contributed by atoms with van der Waals surface area (Å²) < 4.78 is 5.24. The van der Waals surface area contributed by atoms with Crippen LogP contribution < -0.4 is 5.32 Å². The Balaban J connectivity index is 2.11. The van der Waals surface area contributed by atoms with Crippen LogP contribution in [0, 0.1) is 6.92 Å². The summed E-state index contributed by atoms with van der Waals surface area (Å²) in [5.41, 5.74) is 0. The first kappa shape index (κ1) is 12.1. The normalized spacial score (nSPS) is 11.2. The quantitative estimate of drug-likeness (QED) is 0.678. The molecule has 1 aromatic rings. The molecule has 0 saturated carbocycles. The van der Waals surface area contributed by atoms with Gasteiger partial charge >= 0.3 is 0 Å². The second-order valence-corrected chi connectivity index (χ2v) is 3.42. The van der Waals surface area contributed by atoms with Crippen molar-refractivity contribution in [3.8, 4) is 0 Å². The van der Waals surface area contributed by atoms with Gasteiger partial charge in [-0.15, -0.1) is 10.2 Å². The van der Waals surface area contributed by atoms with E-state index < -0.39 is 0 Å². The lowest BCUT2D eigenvalue weighted by molar-refractivity contribution is 0.299. The SMILES string of the molecule is CCN(CC)CCNCc1nnc(C)o1. The van der Waals surface area contributed by atoms with Crippen LogP contribution in [0.25, 0.3) is 0 Å². The van der Waals surface area contributed by atoms with Crippen LogP contribution in [0.15, 0.2) is 4.42 Å². The standard InChI is InChI=1S/C10H20N4O/c1-4-14(5-2)7-6-11-8-10-13-12-9(3)15-10/h11H,4-8H2,1-3H3. The Bertz CT molecular complexity index is 270. The zero-order chi connectivity index (χ0) is 11.1. The number of hydrogen-bond donors (Lipinski definition) is 1. The largest absolute Gasteiger partial charge is 0.424 e. The highest BCUT2D eigenvalue weighted by atomic mass is 16.4. The van der Waals surface area contributed by atoms with E-state index in [2.05, 4.69) is 34.3 Å². The van der Waals surface area contributed by atoms with E-state index in [-0.39, 0.29) is 0 Å². The van der Waals surface area contributed by atoms with Gasteiger partial charge < -0.3 is 14.6 Å². The third-order valence-electron chi connectivity index (χ3n) is 2.34. The van der Waals surface area contributed by atoms with Gasteiger partial charge in [0.15, 0.2) is 0 Å². The van der Waals surface area contributed by atoms with Gasteiger partial charge in [0.05, 0.1) is 6.54 Å². The van der Waals surface area contributed by atoms with E-state index in [9.17, 15) is 0 Å². The third-order valence-corrected chi connectivity index (χ3v) is 2.34. The molecule has 0 aliphatic carbocycles. The summed E-state index contributed by atoms with van der Waals surface area (Å²) in [6, 6.07) is 0. The molecular weight excluding hydrogens is 192 g/mol. The molecule has 0 bridgehead atoms. The van der Waals surface area contributed by atoms with Gasteiger partial charge in [-0.05, 0) is 13.1 Å². The summed E-state index contributed by atoms with van der Waals surface area (Å²) in [5, 5.41) is 11.0. The van der Waals surface area contributed by atoms with Crippen molar-refractivity contribution in [1.82, 2.24) is 20.4 Å². The molecular formula is C10H20N4O. The molecule has 0 spiro atoms. The molecule has 1 rings (SSSR count). The fourth-order valence-corrected chi connectivity index (χ4v) is 1.38. The molecule has 0 aromatic carbocycles. The molecule has 5 heteroatoms. The molecule has 86 valence electrons. The van der Waals surface area contributed by atoms with Gasteiger partial charge in [-0.2, -0.15) is 0 Å². The van der Waals surface area contributed by atoms with Crippen molar-refractivity contribution in [2.45, 2.75) is 27.3 Å². The number of aromatic nitrogens is 2. The molecule has 0 atom stereocenters. The maximum atomic E-state index is 5.24. The predicted octanol–water partition coefficient (Wildman–Crippen LogP) is 0.809. The van der Waals surface area contributed by atoms with Crippen molar-refractivity contribution in [2.75, 3.05) is 26.2 Å². The van der Waals surface area contributed by atoms with Crippen LogP contribution in [0.3, 0.4) is 0 Å². The van der Waals surface area contributed by atoms with Crippen molar-refractivity contribution in [2.24, 2.45) is 0 Å². The van der Waals surface area contributed by atoms with Gasteiger partial charge in [0.25, 0.3) is 0 Å². The number of hydrogen-bond acceptors (Lipinski definition) is 5.